The van der Waals surface area contributed by atoms with Crippen LogP contribution in [0.4, 0.5) is 5.82 Å². The summed E-state index contributed by atoms with van der Waals surface area (Å²) < 4.78 is 0. The lowest BCUT2D eigenvalue weighted by atomic mass is 10.4. The second kappa shape index (κ2) is 4.89. The minimum atomic E-state index is 0.499. The lowest BCUT2D eigenvalue weighted by Gasteiger charge is -2.09. The van der Waals surface area contributed by atoms with Crippen molar-refractivity contribution in [3.63, 3.8) is 0 Å². The summed E-state index contributed by atoms with van der Waals surface area (Å²) in [5.41, 5.74) is 1.54. The average molecular weight is 220 g/mol. The first-order chi connectivity index (χ1) is 7.77. The van der Waals surface area contributed by atoms with Gasteiger partial charge in [0, 0.05) is 19.1 Å². The van der Waals surface area contributed by atoms with Crippen molar-refractivity contribution in [2.75, 3.05) is 18.4 Å². The first kappa shape index (κ1) is 10.8. The fraction of sp³-hybridized carbons (Fsp3) is 0.500. The Morgan fingerprint density at radius 1 is 1.25 bits per heavy atom. The monoisotopic (exact) mass is 220 g/mol. The molecule has 6 nitrogen and oxygen atoms in total. The van der Waals surface area contributed by atoms with E-state index in [1.807, 2.05) is 0 Å². The molecule has 0 radical (unpaired) electrons. The Balaban J connectivity index is 1.96. The quantitative estimate of drug-likeness (QED) is 0.648. The number of fused-ring (bicyclic) bond motifs is 1. The Morgan fingerprint density at radius 2 is 2.12 bits per heavy atom. The van der Waals surface area contributed by atoms with Gasteiger partial charge in [0.25, 0.3) is 0 Å². The zero-order chi connectivity index (χ0) is 11.4. The molecule has 16 heavy (non-hydrogen) atoms. The summed E-state index contributed by atoms with van der Waals surface area (Å²) in [6.45, 7) is 5.97. The highest BCUT2D eigenvalue weighted by atomic mass is 15.1. The van der Waals surface area contributed by atoms with Gasteiger partial charge in [-0.1, -0.05) is 13.8 Å². The second-order valence-electron chi connectivity index (χ2n) is 3.86. The highest BCUT2D eigenvalue weighted by molar-refractivity contribution is 5.81. The molecule has 2 aromatic heterocycles. The number of aromatic nitrogens is 4. The van der Waals surface area contributed by atoms with Crippen LogP contribution in [0.1, 0.15) is 13.8 Å². The van der Waals surface area contributed by atoms with Crippen LogP contribution in [0.15, 0.2) is 12.7 Å². The van der Waals surface area contributed by atoms with Gasteiger partial charge in [-0.3, -0.25) is 0 Å². The summed E-state index contributed by atoms with van der Waals surface area (Å²) >= 11 is 0. The van der Waals surface area contributed by atoms with Gasteiger partial charge in [-0.15, -0.1) is 0 Å². The summed E-state index contributed by atoms with van der Waals surface area (Å²) in [5, 5.41) is 6.57. The molecular weight excluding hydrogens is 204 g/mol. The number of anilines is 1. The zero-order valence-electron chi connectivity index (χ0n) is 9.49. The summed E-state index contributed by atoms with van der Waals surface area (Å²) in [6.07, 6.45) is 3.14. The number of H-pyrrole nitrogens is 1. The van der Waals surface area contributed by atoms with Gasteiger partial charge < -0.3 is 15.6 Å². The number of aromatic amines is 1. The Labute approximate surface area is 93.9 Å². The molecule has 6 heteroatoms. The molecule has 2 rings (SSSR count). The van der Waals surface area contributed by atoms with Crippen LogP contribution < -0.4 is 10.6 Å². The maximum atomic E-state index is 4.17. The minimum absolute atomic E-state index is 0.499. The van der Waals surface area contributed by atoms with Crippen molar-refractivity contribution in [3.8, 4) is 0 Å². The van der Waals surface area contributed by atoms with Crippen molar-refractivity contribution < 1.29 is 0 Å². The van der Waals surface area contributed by atoms with E-state index in [1.54, 1.807) is 6.33 Å². The largest absolute Gasteiger partial charge is 0.367 e. The Morgan fingerprint density at radius 3 is 2.94 bits per heavy atom. The Kier molecular flexibility index (Phi) is 3.31. The van der Waals surface area contributed by atoms with E-state index in [2.05, 4.69) is 44.4 Å². The molecule has 0 aromatic carbocycles. The summed E-state index contributed by atoms with van der Waals surface area (Å²) in [4.78, 5) is 15.3. The van der Waals surface area contributed by atoms with Gasteiger partial charge in [-0.05, 0) is 0 Å². The van der Waals surface area contributed by atoms with Crippen molar-refractivity contribution in [1.29, 1.82) is 0 Å². The number of hydrogen-bond donors (Lipinski definition) is 3. The lowest BCUT2D eigenvalue weighted by Crippen LogP contribution is -2.28. The molecule has 0 fully saturated rings. The molecule has 0 spiro atoms. The summed E-state index contributed by atoms with van der Waals surface area (Å²) in [5.74, 6) is 0.799. The van der Waals surface area contributed by atoms with Crippen LogP contribution in [0, 0.1) is 0 Å². The third kappa shape index (κ3) is 2.46. The molecule has 2 aromatic rings. The molecule has 0 aliphatic heterocycles. The number of nitrogens with one attached hydrogen (secondary N) is 3. The van der Waals surface area contributed by atoms with Crippen LogP contribution in [0.2, 0.25) is 0 Å². The van der Waals surface area contributed by atoms with Crippen molar-refractivity contribution in [3.05, 3.63) is 12.7 Å². The van der Waals surface area contributed by atoms with Crippen LogP contribution >= 0.6 is 0 Å². The SMILES string of the molecule is CC(C)NCCNc1ncnc2nc[nH]c12. The number of imidazole rings is 1. The molecule has 0 saturated carbocycles. The standard InChI is InChI=1S/C10H16N6/c1-7(2)11-3-4-12-9-8-10(14-5-13-8)16-6-15-9/h5-7,11H,3-4H2,1-2H3,(H2,12,13,14,15,16). The molecule has 2 heterocycles. The lowest BCUT2D eigenvalue weighted by molar-refractivity contribution is 0.602. The van der Waals surface area contributed by atoms with Gasteiger partial charge in [0.1, 0.15) is 11.8 Å². The second-order valence-corrected chi connectivity index (χ2v) is 3.86. The van der Waals surface area contributed by atoms with E-state index in [4.69, 9.17) is 0 Å². The fourth-order valence-corrected chi connectivity index (χ4v) is 1.44. The van der Waals surface area contributed by atoms with E-state index in [0.717, 1.165) is 24.4 Å². The predicted octanol–water partition coefficient (Wildman–Crippen LogP) is 0.763. The molecular formula is C10H16N6. The third-order valence-electron chi connectivity index (χ3n) is 2.19. The molecule has 0 aliphatic carbocycles. The molecule has 0 saturated heterocycles. The van der Waals surface area contributed by atoms with Gasteiger partial charge in [0.15, 0.2) is 11.5 Å². The molecule has 0 aliphatic rings. The maximum Gasteiger partial charge on any atom is 0.182 e. The fourth-order valence-electron chi connectivity index (χ4n) is 1.44. The van der Waals surface area contributed by atoms with Gasteiger partial charge in [-0.25, -0.2) is 15.0 Å². The van der Waals surface area contributed by atoms with Gasteiger partial charge in [0.2, 0.25) is 0 Å². The number of nitrogens with zero attached hydrogens (tertiary/aromatic N) is 3. The van der Waals surface area contributed by atoms with E-state index >= 15 is 0 Å². The molecule has 0 atom stereocenters. The summed E-state index contributed by atoms with van der Waals surface area (Å²) in [6, 6.07) is 0.499. The van der Waals surface area contributed by atoms with Crippen molar-refractivity contribution in [2.24, 2.45) is 0 Å². The van der Waals surface area contributed by atoms with Crippen LogP contribution in [0.3, 0.4) is 0 Å². The Bertz CT molecular complexity index is 449. The van der Waals surface area contributed by atoms with Crippen molar-refractivity contribution >= 4 is 17.0 Å². The molecule has 3 N–H and O–H groups in total. The van der Waals surface area contributed by atoms with Gasteiger partial charge in [0.05, 0.1) is 6.33 Å². The van der Waals surface area contributed by atoms with E-state index in [0.29, 0.717) is 11.7 Å². The van der Waals surface area contributed by atoms with E-state index in [9.17, 15) is 0 Å². The highest BCUT2D eigenvalue weighted by Crippen LogP contribution is 2.13. The molecule has 0 bridgehead atoms. The van der Waals surface area contributed by atoms with Crippen LogP contribution in [0.25, 0.3) is 11.2 Å². The van der Waals surface area contributed by atoms with Crippen LogP contribution in [-0.4, -0.2) is 39.1 Å². The first-order valence-corrected chi connectivity index (χ1v) is 5.38. The zero-order valence-corrected chi connectivity index (χ0v) is 9.49. The topological polar surface area (TPSA) is 78.5 Å². The van der Waals surface area contributed by atoms with Crippen LogP contribution in [-0.2, 0) is 0 Å². The molecule has 0 unspecified atom stereocenters. The van der Waals surface area contributed by atoms with Crippen LogP contribution in [0.5, 0.6) is 0 Å². The van der Waals surface area contributed by atoms with Crippen molar-refractivity contribution in [2.45, 2.75) is 19.9 Å². The maximum absolute atomic E-state index is 4.17. The number of hydrogen-bond acceptors (Lipinski definition) is 5. The highest BCUT2D eigenvalue weighted by Gasteiger charge is 2.04. The first-order valence-electron chi connectivity index (χ1n) is 5.38. The van der Waals surface area contributed by atoms with E-state index in [1.165, 1.54) is 6.33 Å². The normalized spacial score (nSPS) is 11.2. The summed E-state index contributed by atoms with van der Waals surface area (Å²) in [7, 11) is 0. The molecule has 0 amide bonds. The predicted molar refractivity (Wildman–Crippen MR) is 63.3 cm³/mol. The van der Waals surface area contributed by atoms with Crippen molar-refractivity contribution in [1.82, 2.24) is 25.3 Å². The third-order valence-corrected chi connectivity index (χ3v) is 2.19. The molecule has 86 valence electrons. The minimum Gasteiger partial charge on any atom is -0.367 e. The van der Waals surface area contributed by atoms with Gasteiger partial charge in [-0.2, -0.15) is 0 Å². The van der Waals surface area contributed by atoms with E-state index in [-0.39, 0.29) is 0 Å². The van der Waals surface area contributed by atoms with E-state index < -0.39 is 0 Å². The van der Waals surface area contributed by atoms with Gasteiger partial charge >= 0.3 is 0 Å². The smallest absolute Gasteiger partial charge is 0.182 e. The average Bonchev–Trinajstić information content (AvgIpc) is 2.72. The number of rotatable bonds is 5. The Hall–Kier alpha value is -1.69.